The maximum atomic E-state index is 12.9. The Kier molecular flexibility index (Phi) is 5.61. The van der Waals surface area contributed by atoms with E-state index in [9.17, 15) is 9.59 Å². The number of thioether (sulfide) groups is 1. The van der Waals surface area contributed by atoms with Gasteiger partial charge in [0.15, 0.2) is 5.16 Å². The molecule has 30 heavy (non-hydrogen) atoms. The van der Waals surface area contributed by atoms with Crippen LogP contribution < -0.4 is 16.7 Å². The van der Waals surface area contributed by atoms with Gasteiger partial charge in [-0.3, -0.25) is 9.59 Å². The Labute approximate surface area is 181 Å². The highest BCUT2D eigenvalue weighted by Gasteiger charge is 2.17. The number of benzene rings is 2. The molecule has 152 valence electrons. The lowest BCUT2D eigenvalue weighted by atomic mass is 10.1. The third-order valence-corrected chi connectivity index (χ3v) is 6.51. The summed E-state index contributed by atoms with van der Waals surface area (Å²) in [6.07, 6.45) is 0. The van der Waals surface area contributed by atoms with Crippen molar-refractivity contribution in [3.05, 3.63) is 75.4 Å². The summed E-state index contributed by atoms with van der Waals surface area (Å²) in [6.45, 7) is 3.95. The van der Waals surface area contributed by atoms with E-state index in [2.05, 4.69) is 10.3 Å². The number of carbonyl (C=O) groups is 1. The van der Waals surface area contributed by atoms with Gasteiger partial charge >= 0.3 is 0 Å². The number of amides is 1. The quantitative estimate of drug-likeness (QED) is 0.278. The van der Waals surface area contributed by atoms with E-state index in [-0.39, 0.29) is 17.2 Å². The average molecular weight is 437 g/mol. The molecule has 1 amide bonds. The molecule has 4 rings (SSSR count). The number of nitrogens with one attached hydrogen (secondary N) is 1. The molecule has 0 saturated heterocycles. The molecule has 2 heterocycles. The molecule has 0 unspecified atom stereocenters. The molecular weight excluding hydrogens is 416 g/mol. The van der Waals surface area contributed by atoms with Crippen LogP contribution in [0.5, 0.6) is 0 Å². The van der Waals surface area contributed by atoms with Crippen molar-refractivity contribution in [1.29, 1.82) is 0 Å². The van der Waals surface area contributed by atoms with Crippen LogP contribution in [0.25, 0.3) is 21.3 Å². The van der Waals surface area contributed by atoms with Gasteiger partial charge in [0.2, 0.25) is 5.91 Å². The van der Waals surface area contributed by atoms with Gasteiger partial charge < -0.3 is 11.2 Å². The van der Waals surface area contributed by atoms with E-state index in [1.165, 1.54) is 11.3 Å². The number of nitrogens with two attached hydrogens (primary N) is 1. The number of rotatable bonds is 5. The van der Waals surface area contributed by atoms with E-state index in [4.69, 9.17) is 5.84 Å². The monoisotopic (exact) mass is 436 g/mol. The Morgan fingerprint density at radius 3 is 2.70 bits per heavy atom. The standard InChI is InChI=1S/C22H20N4O2S2/c1-13-8-9-17(14(2)10-13)24-18(27)12-30-22-25-20-19(21(28)26(22)23)16(11-29-20)15-6-4-3-5-7-15/h3-11H,12,23H2,1-2H3,(H,24,27). The van der Waals surface area contributed by atoms with Gasteiger partial charge in [-0.05, 0) is 31.0 Å². The van der Waals surface area contributed by atoms with Gasteiger partial charge in [0.25, 0.3) is 5.56 Å². The van der Waals surface area contributed by atoms with Crippen molar-refractivity contribution in [2.75, 3.05) is 16.9 Å². The summed E-state index contributed by atoms with van der Waals surface area (Å²) >= 11 is 2.53. The molecule has 0 saturated carbocycles. The van der Waals surface area contributed by atoms with E-state index in [0.717, 1.165) is 44.4 Å². The molecule has 0 aliphatic rings. The Hall–Kier alpha value is -3.10. The Morgan fingerprint density at radius 2 is 1.97 bits per heavy atom. The van der Waals surface area contributed by atoms with Gasteiger partial charge in [-0.2, -0.15) is 0 Å². The molecule has 8 heteroatoms. The van der Waals surface area contributed by atoms with Crippen molar-refractivity contribution < 1.29 is 4.79 Å². The third kappa shape index (κ3) is 3.96. The van der Waals surface area contributed by atoms with Gasteiger partial charge in [0, 0.05) is 16.6 Å². The molecule has 4 aromatic rings. The second-order valence-corrected chi connectivity index (χ2v) is 8.72. The summed E-state index contributed by atoms with van der Waals surface area (Å²) in [5.74, 6) is 5.94. The first-order valence-electron chi connectivity index (χ1n) is 9.28. The van der Waals surface area contributed by atoms with Crippen LogP contribution in [0.15, 0.2) is 63.9 Å². The lowest BCUT2D eigenvalue weighted by molar-refractivity contribution is -0.113. The molecule has 0 atom stereocenters. The summed E-state index contributed by atoms with van der Waals surface area (Å²) < 4.78 is 1.02. The Balaban J connectivity index is 1.56. The number of nitrogen functional groups attached to an aromatic ring is 1. The van der Waals surface area contributed by atoms with Gasteiger partial charge in [-0.1, -0.05) is 59.8 Å². The predicted molar refractivity (Wildman–Crippen MR) is 125 cm³/mol. The Bertz CT molecular complexity index is 1300. The first-order chi connectivity index (χ1) is 14.4. The molecule has 0 aliphatic carbocycles. The summed E-state index contributed by atoms with van der Waals surface area (Å²) in [4.78, 5) is 30.4. The number of hydrogen-bond acceptors (Lipinski definition) is 6. The summed E-state index contributed by atoms with van der Waals surface area (Å²) in [5.41, 5.74) is 4.33. The first kappa shape index (κ1) is 20.2. The van der Waals surface area contributed by atoms with Gasteiger partial charge in [0.1, 0.15) is 4.83 Å². The summed E-state index contributed by atoms with van der Waals surface area (Å²) in [5, 5.41) is 5.61. The molecule has 0 aliphatic heterocycles. The van der Waals surface area contributed by atoms with Gasteiger partial charge in [-0.25, -0.2) is 9.66 Å². The van der Waals surface area contributed by atoms with E-state index in [1.807, 2.05) is 67.8 Å². The van der Waals surface area contributed by atoms with Crippen LogP contribution in [0.2, 0.25) is 0 Å². The number of aromatic nitrogens is 2. The van der Waals surface area contributed by atoms with Gasteiger partial charge in [0.05, 0.1) is 11.1 Å². The first-order valence-corrected chi connectivity index (χ1v) is 11.1. The fraction of sp³-hybridized carbons (Fsp3) is 0.136. The minimum absolute atomic E-state index is 0.0966. The van der Waals surface area contributed by atoms with E-state index >= 15 is 0 Å². The lowest BCUT2D eigenvalue weighted by Gasteiger charge is -2.10. The van der Waals surface area contributed by atoms with Crippen LogP contribution in [0, 0.1) is 13.8 Å². The number of thiophene rings is 1. The van der Waals surface area contributed by atoms with Crippen LogP contribution in [0.4, 0.5) is 5.69 Å². The molecular formula is C22H20N4O2S2. The maximum absolute atomic E-state index is 12.9. The average Bonchev–Trinajstić information content (AvgIpc) is 3.16. The number of aryl methyl sites for hydroxylation is 2. The maximum Gasteiger partial charge on any atom is 0.282 e. The lowest BCUT2D eigenvalue weighted by Crippen LogP contribution is -2.30. The number of hydrogen-bond donors (Lipinski definition) is 2. The molecule has 0 fully saturated rings. The molecule has 2 aromatic heterocycles. The fourth-order valence-corrected chi connectivity index (χ4v) is 4.89. The molecule has 0 bridgehead atoms. The van der Waals surface area contributed by atoms with Crippen molar-refractivity contribution in [3.63, 3.8) is 0 Å². The third-order valence-electron chi connectivity index (χ3n) is 4.68. The molecule has 6 nitrogen and oxygen atoms in total. The van der Waals surface area contributed by atoms with Crippen LogP contribution in [0.1, 0.15) is 11.1 Å². The zero-order valence-corrected chi connectivity index (χ0v) is 18.1. The minimum atomic E-state index is -0.322. The van der Waals surface area contributed by atoms with Crippen LogP contribution >= 0.6 is 23.1 Å². The van der Waals surface area contributed by atoms with Crippen LogP contribution in [-0.4, -0.2) is 21.3 Å². The topological polar surface area (TPSA) is 90.0 Å². The van der Waals surface area contributed by atoms with Gasteiger partial charge in [-0.15, -0.1) is 11.3 Å². The predicted octanol–water partition coefficient (Wildman–Crippen LogP) is 4.19. The van der Waals surface area contributed by atoms with Crippen molar-refractivity contribution in [1.82, 2.24) is 9.66 Å². The second-order valence-electron chi connectivity index (χ2n) is 6.92. The highest BCUT2D eigenvalue weighted by molar-refractivity contribution is 7.99. The van der Waals surface area contributed by atoms with Crippen molar-refractivity contribution >= 4 is 44.9 Å². The zero-order valence-electron chi connectivity index (χ0n) is 16.5. The van der Waals surface area contributed by atoms with Crippen molar-refractivity contribution in [3.8, 4) is 11.1 Å². The van der Waals surface area contributed by atoms with Crippen molar-refractivity contribution in [2.24, 2.45) is 0 Å². The van der Waals surface area contributed by atoms with Crippen LogP contribution in [-0.2, 0) is 4.79 Å². The molecule has 0 spiro atoms. The minimum Gasteiger partial charge on any atom is -0.334 e. The normalized spacial score (nSPS) is 11.0. The fourth-order valence-electron chi connectivity index (χ4n) is 3.19. The SMILES string of the molecule is Cc1ccc(NC(=O)CSc2nc3scc(-c4ccccc4)c3c(=O)n2N)c(C)c1. The second kappa shape index (κ2) is 8.33. The van der Waals surface area contributed by atoms with E-state index in [1.54, 1.807) is 0 Å². The summed E-state index contributed by atoms with van der Waals surface area (Å²) in [7, 11) is 0. The Morgan fingerprint density at radius 1 is 1.20 bits per heavy atom. The smallest absolute Gasteiger partial charge is 0.282 e. The highest BCUT2D eigenvalue weighted by atomic mass is 32.2. The summed E-state index contributed by atoms with van der Waals surface area (Å²) in [6, 6.07) is 15.5. The molecule has 3 N–H and O–H groups in total. The van der Waals surface area contributed by atoms with E-state index in [0.29, 0.717) is 15.4 Å². The number of anilines is 1. The van der Waals surface area contributed by atoms with E-state index < -0.39 is 0 Å². The largest absolute Gasteiger partial charge is 0.334 e. The molecule has 0 radical (unpaired) electrons. The molecule has 2 aromatic carbocycles. The number of fused-ring (bicyclic) bond motifs is 1. The number of carbonyl (C=O) groups excluding carboxylic acids is 1. The zero-order chi connectivity index (χ0) is 21.3. The van der Waals surface area contributed by atoms with Crippen LogP contribution in [0.3, 0.4) is 0 Å². The van der Waals surface area contributed by atoms with Crippen molar-refractivity contribution in [2.45, 2.75) is 19.0 Å². The number of nitrogens with zero attached hydrogens (tertiary/aromatic N) is 2. The highest BCUT2D eigenvalue weighted by Crippen LogP contribution is 2.31.